The molecule has 76 valence electrons. The highest BCUT2D eigenvalue weighted by Gasteiger charge is 2.36. The minimum atomic E-state index is -0.716. The molecule has 14 heavy (non-hydrogen) atoms. The van der Waals surface area contributed by atoms with Gasteiger partial charge >= 0.3 is 5.97 Å². The standard InChI is InChI=1S/C9H12N2O3/c12-9(13)7-1-2-8(7)10-5-6-3-4-11-14-6/h3-4,7-8,10H,1-2,5H2,(H,12,13). The first-order valence-electron chi connectivity index (χ1n) is 4.63. The predicted octanol–water partition coefficient (Wildman–Crippen LogP) is 0.627. The molecule has 5 nitrogen and oxygen atoms in total. The largest absolute Gasteiger partial charge is 0.481 e. The quantitative estimate of drug-likeness (QED) is 0.738. The number of rotatable bonds is 4. The zero-order valence-electron chi connectivity index (χ0n) is 7.64. The maximum absolute atomic E-state index is 10.7. The van der Waals surface area contributed by atoms with E-state index in [1.54, 1.807) is 12.3 Å². The van der Waals surface area contributed by atoms with E-state index in [1.807, 2.05) is 0 Å². The van der Waals surface area contributed by atoms with Crippen molar-refractivity contribution >= 4 is 5.97 Å². The number of carboxylic acid groups (broad SMARTS) is 1. The molecule has 2 atom stereocenters. The van der Waals surface area contributed by atoms with Gasteiger partial charge in [-0.05, 0) is 12.8 Å². The van der Waals surface area contributed by atoms with Gasteiger partial charge in [-0.25, -0.2) is 0 Å². The molecule has 0 spiro atoms. The summed E-state index contributed by atoms with van der Waals surface area (Å²) in [6.45, 7) is 0.550. The third-order valence-corrected chi connectivity index (χ3v) is 2.62. The van der Waals surface area contributed by atoms with E-state index >= 15 is 0 Å². The Morgan fingerprint density at radius 1 is 1.71 bits per heavy atom. The van der Waals surface area contributed by atoms with Crippen molar-refractivity contribution in [1.82, 2.24) is 10.5 Å². The highest BCUT2D eigenvalue weighted by molar-refractivity contribution is 5.72. The molecule has 0 aliphatic heterocycles. The van der Waals surface area contributed by atoms with Gasteiger partial charge in [0.15, 0.2) is 0 Å². The van der Waals surface area contributed by atoms with E-state index in [-0.39, 0.29) is 12.0 Å². The second kappa shape index (κ2) is 3.79. The molecule has 1 aromatic heterocycles. The topological polar surface area (TPSA) is 75.4 Å². The number of carbonyl (C=O) groups is 1. The molecule has 1 aliphatic rings. The minimum Gasteiger partial charge on any atom is -0.481 e. The van der Waals surface area contributed by atoms with Gasteiger partial charge in [-0.3, -0.25) is 4.79 Å². The van der Waals surface area contributed by atoms with Gasteiger partial charge in [-0.15, -0.1) is 0 Å². The van der Waals surface area contributed by atoms with Crippen molar-refractivity contribution in [3.8, 4) is 0 Å². The number of aromatic nitrogens is 1. The predicted molar refractivity (Wildman–Crippen MR) is 47.5 cm³/mol. The Morgan fingerprint density at radius 3 is 3.07 bits per heavy atom. The summed E-state index contributed by atoms with van der Waals surface area (Å²) in [5.74, 6) is -0.217. The fourth-order valence-electron chi connectivity index (χ4n) is 1.60. The van der Waals surface area contributed by atoms with Crippen molar-refractivity contribution in [2.75, 3.05) is 0 Å². The van der Waals surface area contributed by atoms with E-state index in [2.05, 4.69) is 10.5 Å². The summed E-state index contributed by atoms with van der Waals surface area (Å²) in [5.41, 5.74) is 0. The second-order valence-electron chi connectivity index (χ2n) is 3.49. The Balaban J connectivity index is 1.79. The molecule has 2 N–H and O–H groups in total. The monoisotopic (exact) mass is 196 g/mol. The average molecular weight is 196 g/mol. The molecule has 1 aromatic rings. The normalized spacial score (nSPS) is 25.7. The molecule has 5 heteroatoms. The van der Waals surface area contributed by atoms with Crippen LogP contribution in [0.15, 0.2) is 16.8 Å². The fourth-order valence-corrected chi connectivity index (χ4v) is 1.60. The van der Waals surface area contributed by atoms with Gasteiger partial charge in [0.25, 0.3) is 0 Å². The van der Waals surface area contributed by atoms with E-state index in [4.69, 9.17) is 9.63 Å². The second-order valence-corrected chi connectivity index (χ2v) is 3.49. The van der Waals surface area contributed by atoms with E-state index < -0.39 is 5.97 Å². The van der Waals surface area contributed by atoms with Crippen molar-refractivity contribution in [3.05, 3.63) is 18.0 Å². The van der Waals surface area contributed by atoms with Crippen LogP contribution in [0.4, 0.5) is 0 Å². The Morgan fingerprint density at radius 2 is 2.57 bits per heavy atom. The number of carboxylic acids is 1. The van der Waals surface area contributed by atoms with Crippen molar-refractivity contribution < 1.29 is 14.4 Å². The van der Waals surface area contributed by atoms with Crippen LogP contribution in [-0.4, -0.2) is 22.3 Å². The molecule has 0 aromatic carbocycles. The molecule has 0 radical (unpaired) electrons. The summed E-state index contributed by atoms with van der Waals surface area (Å²) in [6.07, 6.45) is 3.26. The van der Waals surface area contributed by atoms with Gasteiger partial charge in [0, 0.05) is 12.1 Å². The van der Waals surface area contributed by atoms with Crippen molar-refractivity contribution in [3.63, 3.8) is 0 Å². The number of nitrogens with one attached hydrogen (secondary N) is 1. The third kappa shape index (κ3) is 1.77. The molecule has 2 unspecified atom stereocenters. The van der Waals surface area contributed by atoms with Crippen LogP contribution < -0.4 is 5.32 Å². The Bertz CT molecular complexity index is 310. The van der Waals surface area contributed by atoms with Crippen LogP contribution in [0.25, 0.3) is 0 Å². The molecule has 1 fully saturated rings. The zero-order valence-corrected chi connectivity index (χ0v) is 7.64. The number of aliphatic carboxylic acids is 1. The van der Waals surface area contributed by atoms with Crippen LogP contribution in [0.5, 0.6) is 0 Å². The van der Waals surface area contributed by atoms with Gasteiger partial charge in [0.05, 0.1) is 18.7 Å². The van der Waals surface area contributed by atoms with Gasteiger partial charge < -0.3 is 14.9 Å². The van der Waals surface area contributed by atoms with Crippen LogP contribution in [0.3, 0.4) is 0 Å². The zero-order chi connectivity index (χ0) is 9.97. The van der Waals surface area contributed by atoms with E-state index in [0.717, 1.165) is 18.6 Å². The molecule has 1 heterocycles. The summed E-state index contributed by atoms with van der Waals surface area (Å²) in [5, 5.41) is 15.5. The minimum absolute atomic E-state index is 0.0811. The highest BCUT2D eigenvalue weighted by atomic mass is 16.5. The lowest BCUT2D eigenvalue weighted by Crippen LogP contribution is -2.47. The molecule has 0 amide bonds. The average Bonchev–Trinajstić information content (AvgIpc) is 2.53. The SMILES string of the molecule is O=C(O)C1CCC1NCc1ccno1. The summed E-state index contributed by atoms with van der Waals surface area (Å²) >= 11 is 0. The summed E-state index contributed by atoms with van der Waals surface area (Å²) < 4.78 is 4.89. The number of hydrogen-bond acceptors (Lipinski definition) is 4. The third-order valence-electron chi connectivity index (χ3n) is 2.62. The Labute approximate surface area is 81.1 Å². The van der Waals surface area contributed by atoms with Crippen LogP contribution in [-0.2, 0) is 11.3 Å². The first kappa shape index (κ1) is 9.21. The number of nitrogens with zero attached hydrogens (tertiary/aromatic N) is 1. The summed E-state index contributed by atoms with van der Waals surface area (Å²) in [6, 6.07) is 1.85. The van der Waals surface area contributed by atoms with Crippen molar-refractivity contribution in [2.45, 2.75) is 25.4 Å². The Hall–Kier alpha value is -1.36. The van der Waals surface area contributed by atoms with Crippen LogP contribution in [0.2, 0.25) is 0 Å². The molecular weight excluding hydrogens is 184 g/mol. The van der Waals surface area contributed by atoms with Crippen LogP contribution >= 0.6 is 0 Å². The Kier molecular flexibility index (Phi) is 2.49. The molecule has 1 saturated carbocycles. The molecule has 0 saturated heterocycles. The van der Waals surface area contributed by atoms with Gasteiger partial charge in [0.2, 0.25) is 0 Å². The van der Waals surface area contributed by atoms with Crippen molar-refractivity contribution in [2.24, 2.45) is 5.92 Å². The van der Waals surface area contributed by atoms with Crippen LogP contribution in [0, 0.1) is 5.92 Å². The molecule has 0 bridgehead atoms. The fraction of sp³-hybridized carbons (Fsp3) is 0.556. The molecule has 1 aliphatic carbocycles. The summed E-state index contributed by atoms with van der Waals surface area (Å²) in [7, 11) is 0. The van der Waals surface area contributed by atoms with Crippen LogP contribution in [0.1, 0.15) is 18.6 Å². The van der Waals surface area contributed by atoms with Gasteiger partial charge in [0.1, 0.15) is 5.76 Å². The van der Waals surface area contributed by atoms with Gasteiger partial charge in [-0.2, -0.15) is 0 Å². The maximum atomic E-state index is 10.7. The maximum Gasteiger partial charge on any atom is 0.308 e. The lowest BCUT2D eigenvalue weighted by Gasteiger charge is -2.33. The van der Waals surface area contributed by atoms with E-state index in [0.29, 0.717) is 6.54 Å². The first-order valence-corrected chi connectivity index (χ1v) is 4.63. The highest BCUT2D eigenvalue weighted by Crippen LogP contribution is 2.27. The van der Waals surface area contributed by atoms with Crippen molar-refractivity contribution in [1.29, 1.82) is 0 Å². The van der Waals surface area contributed by atoms with Gasteiger partial charge in [-0.1, -0.05) is 5.16 Å². The lowest BCUT2D eigenvalue weighted by molar-refractivity contribution is -0.146. The number of hydrogen-bond donors (Lipinski definition) is 2. The molecular formula is C9H12N2O3. The first-order chi connectivity index (χ1) is 6.77. The van der Waals surface area contributed by atoms with E-state index in [1.165, 1.54) is 0 Å². The lowest BCUT2D eigenvalue weighted by atomic mass is 9.79. The molecule has 2 rings (SSSR count). The summed E-state index contributed by atoms with van der Waals surface area (Å²) in [4.78, 5) is 10.7. The smallest absolute Gasteiger partial charge is 0.308 e. The van der Waals surface area contributed by atoms with E-state index in [9.17, 15) is 4.79 Å².